The van der Waals surface area contributed by atoms with Crippen LogP contribution in [0, 0.1) is 5.92 Å². The van der Waals surface area contributed by atoms with Crippen LogP contribution < -0.4 is 11.1 Å². The molecule has 3 N–H and O–H groups in total. The fraction of sp³-hybridized carbons (Fsp3) is 0.562. The van der Waals surface area contributed by atoms with Crippen LogP contribution in [-0.4, -0.2) is 25.7 Å². The van der Waals surface area contributed by atoms with Crippen LogP contribution in [0.25, 0.3) is 0 Å². The molecule has 20 heavy (non-hydrogen) atoms. The largest absolute Gasteiger partial charge is 0.399 e. The maximum absolute atomic E-state index is 12.5. The van der Waals surface area contributed by atoms with Crippen LogP contribution in [-0.2, 0) is 14.9 Å². The topological polar surface area (TPSA) is 64.3 Å². The van der Waals surface area contributed by atoms with Crippen molar-refractivity contribution in [1.82, 2.24) is 5.32 Å². The molecule has 1 amide bonds. The quantitative estimate of drug-likeness (QED) is 0.785. The van der Waals surface area contributed by atoms with Crippen molar-refractivity contribution in [3.63, 3.8) is 0 Å². The van der Waals surface area contributed by atoms with Crippen molar-refractivity contribution < 1.29 is 9.53 Å². The Morgan fingerprint density at radius 3 is 2.30 bits per heavy atom. The summed E-state index contributed by atoms with van der Waals surface area (Å²) < 4.78 is 5.17. The molecular formula is C16H26N2O2. The lowest BCUT2D eigenvalue weighted by molar-refractivity contribution is -0.127. The molecule has 1 aromatic carbocycles. The van der Waals surface area contributed by atoms with Crippen molar-refractivity contribution in [3.05, 3.63) is 29.8 Å². The number of nitrogens with one attached hydrogen (secondary N) is 1. The van der Waals surface area contributed by atoms with Crippen LogP contribution in [0.15, 0.2) is 24.3 Å². The number of rotatable bonds is 6. The summed E-state index contributed by atoms with van der Waals surface area (Å²) in [6, 6.07) is 7.45. The van der Waals surface area contributed by atoms with E-state index < -0.39 is 5.41 Å². The van der Waals surface area contributed by atoms with Crippen LogP contribution >= 0.6 is 0 Å². The molecule has 0 aliphatic heterocycles. The zero-order valence-electron chi connectivity index (χ0n) is 13.1. The van der Waals surface area contributed by atoms with Gasteiger partial charge in [0.25, 0.3) is 0 Å². The van der Waals surface area contributed by atoms with Gasteiger partial charge in [0.2, 0.25) is 5.91 Å². The lowest BCUT2D eigenvalue weighted by Gasteiger charge is -2.29. The van der Waals surface area contributed by atoms with Gasteiger partial charge in [-0.05, 0) is 37.5 Å². The van der Waals surface area contributed by atoms with Gasteiger partial charge >= 0.3 is 0 Å². The van der Waals surface area contributed by atoms with E-state index in [-0.39, 0.29) is 11.9 Å². The van der Waals surface area contributed by atoms with E-state index in [1.807, 2.05) is 38.1 Å². The van der Waals surface area contributed by atoms with Crippen molar-refractivity contribution >= 4 is 11.6 Å². The Labute approximate surface area is 121 Å². The Morgan fingerprint density at radius 2 is 1.85 bits per heavy atom. The summed E-state index contributed by atoms with van der Waals surface area (Å²) in [6.07, 6.45) is 0. The molecule has 0 fully saturated rings. The van der Waals surface area contributed by atoms with Crippen LogP contribution in [0.4, 0.5) is 5.69 Å². The molecule has 0 aromatic heterocycles. The third kappa shape index (κ3) is 3.97. The summed E-state index contributed by atoms with van der Waals surface area (Å²) in [4.78, 5) is 12.5. The molecule has 0 saturated carbocycles. The van der Waals surface area contributed by atoms with E-state index in [1.165, 1.54) is 0 Å². The number of amides is 1. The summed E-state index contributed by atoms with van der Waals surface area (Å²) in [5, 5.41) is 3.08. The molecule has 0 radical (unpaired) electrons. The highest BCUT2D eigenvalue weighted by atomic mass is 16.5. The number of anilines is 1. The first-order valence-corrected chi connectivity index (χ1v) is 6.95. The molecule has 0 aliphatic rings. The number of methoxy groups -OCH3 is 1. The second-order valence-corrected chi connectivity index (χ2v) is 6.03. The van der Waals surface area contributed by atoms with Gasteiger partial charge in [0, 0.05) is 12.8 Å². The van der Waals surface area contributed by atoms with Gasteiger partial charge in [0.1, 0.15) is 0 Å². The first kappa shape index (κ1) is 16.5. The maximum atomic E-state index is 12.5. The minimum absolute atomic E-state index is 0.00183. The number of nitrogens with two attached hydrogens (primary N) is 1. The first-order chi connectivity index (χ1) is 9.28. The Balaban J connectivity index is 2.85. The maximum Gasteiger partial charge on any atom is 0.230 e. The summed E-state index contributed by atoms with van der Waals surface area (Å²) in [7, 11) is 1.65. The van der Waals surface area contributed by atoms with E-state index in [2.05, 4.69) is 19.2 Å². The number of benzene rings is 1. The lowest BCUT2D eigenvalue weighted by Crippen LogP contribution is -2.48. The molecule has 0 heterocycles. The third-order valence-electron chi connectivity index (χ3n) is 3.67. The average Bonchev–Trinajstić information content (AvgIpc) is 2.38. The standard InChI is InChI=1S/C16H26N2O2/c1-11(2)14(10-20-5)18-15(19)16(3,4)12-6-8-13(17)9-7-12/h6-9,11,14H,10,17H2,1-5H3,(H,18,19). The Hall–Kier alpha value is -1.55. The number of ether oxygens (including phenoxy) is 1. The van der Waals surface area contributed by atoms with Crippen LogP contribution in [0.5, 0.6) is 0 Å². The number of hydrogen-bond donors (Lipinski definition) is 2. The smallest absolute Gasteiger partial charge is 0.230 e. The summed E-state index contributed by atoms with van der Waals surface area (Å²) >= 11 is 0. The number of carbonyl (C=O) groups excluding carboxylic acids is 1. The summed E-state index contributed by atoms with van der Waals surface area (Å²) in [5.41, 5.74) is 6.73. The van der Waals surface area contributed by atoms with E-state index in [0.717, 1.165) is 5.56 Å². The van der Waals surface area contributed by atoms with E-state index in [4.69, 9.17) is 10.5 Å². The van der Waals surface area contributed by atoms with Gasteiger partial charge in [-0.15, -0.1) is 0 Å². The molecule has 4 nitrogen and oxygen atoms in total. The molecule has 0 saturated heterocycles. The van der Waals surface area contributed by atoms with Crippen LogP contribution in [0.2, 0.25) is 0 Å². The molecule has 0 aliphatic carbocycles. The van der Waals surface area contributed by atoms with Crippen molar-refractivity contribution in [2.24, 2.45) is 5.92 Å². The third-order valence-corrected chi connectivity index (χ3v) is 3.67. The van der Waals surface area contributed by atoms with Gasteiger partial charge < -0.3 is 15.8 Å². The molecule has 1 aromatic rings. The average molecular weight is 278 g/mol. The number of nitrogen functional groups attached to an aromatic ring is 1. The monoisotopic (exact) mass is 278 g/mol. The fourth-order valence-electron chi connectivity index (χ4n) is 1.96. The molecule has 1 rings (SSSR count). The van der Waals surface area contributed by atoms with Crippen LogP contribution in [0.3, 0.4) is 0 Å². The highest BCUT2D eigenvalue weighted by Crippen LogP contribution is 2.24. The molecule has 0 spiro atoms. The molecule has 1 unspecified atom stereocenters. The van der Waals surface area contributed by atoms with E-state index in [0.29, 0.717) is 18.2 Å². The molecule has 4 heteroatoms. The molecule has 112 valence electrons. The second-order valence-electron chi connectivity index (χ2n) is 6.03. The van der Waals surface area contributed by atoms with Gasteiger partial charge in [0.15, 0.2) is 0 Å². The Bertz CT molecular complexity index is 438. The van der Waals surface area contributed by atoms with Crippen molar-refractivity contribution in [1.29, 1.82) is 0 Å². The predicted molar refractivity (Wildman–Crippen MR) is 82.5 cm³/mol. The van der Waals surface area contributed by atoms with Gasteiger partial charge in [-0.2, -0.15) is 0 Å². The van der Waals surface area contributed by atoms with Crippen molar-refractivity contribution in [3.8, 4) is 0 Å². The highest BCUT2D eigenvalue weighted by Gasteiger charge is 2.31. The van der Waals surface area contributed by atoms with Gasteiger partial charge in [-0.1, -0.05) is 26.0 Å². The zero-order valence-corrected chi connectivity index (χ0v) is 13.1. The molecular weight excluding hydrogens is 252 g/mol. The Morgan fingerprint density at radius 1 is 1.30 bits per heavy atom. The molecule has 0 bridgehead atoms. The normalized spacial score (nSPS) is 13.3. The lowest BCUT2D eigenvalue weighted by atomic mass is 9.83. The molecule has 1 atom stereocenters. The Kier molecular flexibility index (Phi) is 5.57. The summed E-state index contributed by atoms with van der Waals surface area (Å²) in [5.74, 6) is 0.319. The SMILES string of the molecule is COCC(NC(=O)C(C)(C)c1ccc(N)cc1)C(C)C. The van der Waals surface area contributed by atoms with E-state index in [1.54, 1.807) is 7.11 Å². The second kappa shape index (κ2) is 6.75. The van der Waals surface area contributed by atoms with Crippen molar-refractivity contribution in [2.75, 3.05) is 19.5 Å². The van der Waals surface area contributed by atoms with E-state index in [9.17, 15) is 4.79 Å². The number of hydrogen-bond acceptors (Lipinski definition) is 3. The minimum atomic E-state index is -0.603. The summed E-state index contributed by atoms with van der Waals surface area (Å²) in [6.45, 7) is 8.48. The minimum Gasteiger partial charge on any atom is -0.399 e. The highest BCUT2D eigenvalue weighted by molar-refractivity contribution is 5.87. The van der Waals surface area contributed by atoms with Gasteiger partial charge in [-0.3, -0.25) is 4.79 Å². The fourth-order valence-corrected chi connectivity index (χ4v) is 1.96. The van der Waals surface area contributed by atoms with Crippen molar-refractivity contribution in [2.45, 2.75) is 39.2 Å². The zero-order chi connectivity index (χ0) is 15.3. The number of carbonyl (C=O) groups is 1. The first-order valence-electron chi connectivity index (χ1n) is 6.95. The van der Waals surface area contributed by atoms with E-state index >= 15 is 0 Å². The van der Waals surface area contributed by atoms with Gasteiger partial charge in [0.05, 0.1) is 18.1 Å². The predicted octanol–water partition coefficient (Wildman–Crippen LogP) is 2.33. The van der Waals surface area contributed by atoms with Crippen LogP contribution in [0.1, 0.15) is 33.3 Å². The van der Waals surface area contributed by atoms with Gasteiger partial charge in [-0.25, -0.2) is 0 Å².